The van der Waals surface area contributed by atoms with Crippen LogP contribution in [-0.4, -0.2) is 47.7 Å². The summed E-state index contributed by atoms with van der Waals surface area (Å²) in [6.07, 6.45) is 2.81. The van der Waals surface area contributed by atoms with Gasteiger partial charge in [0.2, 0.25) is 5.91 Å². The Labute approximate surface area is 131 Å². The van der Waals surface area contributed by atoms with Crippen molar-refractivity contribution in [1.82, 2.24) is 4.90 Å². The second-order valence-electron chi connectivity index (χ2n) is 4.46. The van der Waals surface area contributed by atoms with Gasteiger partial charge in [-0.25, -0.2) is 4.79 Å². The van der Waals surface area contributed by atoms with E-state index in [1.165, 1.54) is 17.1 Å². The molecule has 1 N–H and O–H groups in total. The zero-order valence-electron chi connectivity index (χ0n) is 11.0. The van der Waals surface area contributed by atoms with Crippen molar-refractivity contribution in [2.24, 2.45) is 0 Å². The van der Waals surface area contributed by atoms with Crippen LogP contribution < -0.4 is 0 Å². The van der Waals surface area contributed by atoms with E-state index in [4.69, 9.17) is 33.0 Å². The zero-order valence-corrected chi connectivity index (χ0v) is 12.5. The van der Waals surface area contributed by atoms with Crippen LogP contribution in [0.1, 0.15) is 5.56 Å². The van der Waals surface area contributed by atoms with E-state index in [-0.39, 0.29) is 13.2 Å². The Bertz CT molecular complexity index is 588. The van der Waals surface area contributed by atoms with Crippen molar-refractivity contribution in [3.8, 4) is 0 Å². The number of nitrogens with zero attached hydrogens (tertiary/aromatic N) is 1. The van der Waals surface area contributed by atoms with Crippen LogP contribution in [0.2, 0.25) is 10.0 Å². The number of halogens is 2. The Morgan fingerprint density at radius 2 is 2.14 bits per heavy atom. The summed E-state index contributed by atoms with van der Waals surface area (Å²) in [5, 5.41) is 10.0. The fourth-order valence-electron chi connectivity index (χ4n) is 1.97. The molecule has 1 unspecified atom stereocenters. The van der Waals surface area contributed by atoms with E-state index in [0.717, 1.165) is 0 Å². The molecule has 1 heterocycles. The fraction of sp³-hybridized carbons (Fsp3) is 0.286. The number of amides is 1. The van der Waals surface area contributed by atoms with E-state index >= 15 is 0 Å². The van der Waals surface area contributed by atoms with Gasteiger partial charge in [-0.05, 0) is 29.8 Å². The summed E-state index contributed by atoms with van der Waals surface area (Å²) >= 11 is 11.9. The molecule has 2 rings (SSSR count). The highest BCUT2D eigenvalue weighted by Crippen LogP contribution is 2.22. The molecule has 21 heavy (non-hydrogen) atoms. The maximum atomic E-state index is 12.1. The van der Waals surface area contributed by atoms with Gasteiger partial charge in [-0.3, -0.25) is 4.79 Å². The Hall–Kier alpha value is -1.56. The minimum atomic E-state index is -1.09. The maximum absolute atomic E-state index is 12.1. The molecule has 5 nitrogen and oxygen atoms in total. The molecule has 0 aromatic heterocycles. The Morgan fingerprint density at radius 3 is 2.86 bits per heavy atom. The normalized spacial score (nSPS) is 19.0. The topological polar surface area (TPSA) is 66.8 Å². The first kappa shape index (κ1) is 15.8. The lowest BCUT2D eigenvalue weighted by molar-refractivity contribution is -0.156. The zero-order chi connectivity index (χ0) is 15.4. The molecule has 0 bridgehead atoms. The third-order valence-corrected chi connectivity index (χ3v) is 3.64. The number of hydrogen-bond donors (Lipinski definition) is 1. The summed E-state index contributed by atoms with van der Waals surface area (Å²) in [6, 6.07) is 3.93. The maximum Gasteiger partial charge on any atom is 0.328 e. The van der Waals surface area contributed by atoms with E-state index in [2.05, 4.69) is 0 Å². The predicted molar refractivity (Wildman–Crippen MR) is 79.5 cm³/mol. The minimum absolute atomic E-state index is 0.00711. The van der Waals surface area contributed by atoms with Crippen LogP contribution in [0.15, 0.2) is 24.3 Å². The van der Waals surface area contributed by atoms with Crippen molar-refractivity contribution in [3.05, 3.63) is 39.9 Å². The van der Waals surface area contributed by atoms with Gasteiger partial charge in [0.25, 0.3) is 0 Å². The monoisotopic (exact) mass is 329 g/mol. The molecule has 1 aliphatic heterocycles. The quantitative estimate of drug-likeness (QED) is 0.864. The van der Waals surface area contributed by atoms with Gasteiger partial charge in [-0.2, -0.15) is 0 Å². The Morgan fingerprint density at radius 1 is 1.38 bits per heavy atom. The smallest absolute Gasteiger partial charge is 0.328 e. The standard InChI is InChI=1S/C14H13Cl2NO4/c15-10-2-3-11(16)9(7-10)1-4-13(18)17-5-6-21-8-12(17)14(19)20/h1-4,7,12H,5-6,8H2,(H,19,20). The number of rotatable bonds is 3. The van der Waals surface area contributed by atoms with Gasteiger partial charge in [0.05, 0.1) is 13.2 Å². The number of carboxylic acids is 1. The summed E-state index contributed by atoms with van der Waals surface area (Å²) in [5.74, 6) is -1.49. The van der Waals surface area contributed by atoms with Crippen LogP contribution in [0.3, 0.4) is 0 Å². The molecule has 1 atom stereocenters. The van der Waals surface area contributed by atoms with Gasteiger partial charge in [-0.1, -0.05) is 23.2 Å². The lowest BCUT2D eigenvalue weighted by Crippen LogP contribution is -2.52. The number of benzene rings is 1. The summed E-state index contributed by atoms with van der Waals surface area (Å²) < 4.78 is 5.08. The third-order valence-electron chi connectivity index (χ3n) is 3.06. The highest BCUT2D eigenvalue weighted by Gasteiger charge is 2.31. The number of carboxylic acid groups (broad SMARTS) is 1. The molecule has 1 aliphatic rings. The number of carbonyl (C=O) groups is 2. The first-order chi connectivity index (χ1) is 9.99. The molecule has 1 saturated heterocycles. The van der Waals surface area contributed by atoms with Crippen LogP contribution in [0.5, 0.6) is 0 Å². The highest BCUT2D eigenvalue weighted by molar-refractivity contribution is 6.34. The predicted octanol–water partition coefficient (Wildman–Crippen LogP) is 2.32. The van der Waals surface area contributed by atoms with Crippen molar-refractivity contribution < 1.29 is 19.4 Å². The van der Waals surface area contributed by atoms with Gasteiger partial charge in [-0.15, -0.1) is 0 Å². The lowest BCUT2D eigenvalue weighted by Gasteiger charge is -2.32. The van der Waals surface area contributed by atoms with Gasteiger partial charge < -0.3 is 14.7 Å². The van der Waals surface area contributed by atoms with E-state index in [1.54, 1.807) is 18.2 Å². The lowest BCUT2D eigenvalue weighted by atomic mass is 10.2. The molecule has 0 aliphatic carbocycles. The molecule has 1 aromatic rings. The van der Waals surface area contributed by atoms with Gasteiger partial charge in [0.15, 0.2) is 6.04 Å². The molecule has 112 valence electrons. The molecule has 0 radical (unpaired) electrons. The van der Waals surface area contributed by atoms with Gasteiger partial charge >= 0.3 is 5.97 Å². The summed E-state index contributed by atoms with van der Waals surface area (Å²) in [5.41, 5.74) is 0.595. The molecule has 1 fully saturated rings. The highest BCUT2D eigenvalue weighted by atomic mass is 35.5. The molecule has 7 heteroatoms. The molecule has 1 amide bonds. The largest absolute Gasteiger partial charge is 0.480 e. The van der Waals surface area contributed by atoms with E-state index in [1.807, 2.05) is 0 Å². The van der Waals surface area contributed by atoms with Crippen molar-refractivity contribution in [2.75, 3.05) is 19.8 Å². The number of ether oxygens (including phenoxy) is 1. The van der Waals surface area contributed by atoms with Crippen LogP contribution in [0.25, 0.3) is 6.08 Å². The van der Waals surface area contributed by atoms with Crippen molar-refractivity contribution in [3.63, 3.8) is 0 Å². The second-order valence-corrected chi connectivity index (χ2v) is 5.30. The van der Waals surface area contributed by atoms with Crippen molar-refractivity contribution in [1.29, 1.82) is 0 Å². The average Bonchev–Trinajstić information content (AvgIpc) is 2.47. The molecule has 0 spiro atoms. The first-order valence-corrected chi connectivity index (χ1v) is 6.99. The van der Waals surface area contributed by atoms with Crippen LogP contribution in [0, 0.1) is 0 Å². The fourth-order valence-corrected chi connectivity index (χ4v) is 2.33. The van der Waals surface area contributed by atoms with Crippen LogP contribution >= 0.6 is 23.2 Å². The molecule has 1 aromatic carbocycles. The number of aliphatic carboxylic acids is 1. The van der Waals surface area contributed by atoms with E-state index < -0.39 is 17.9 Å². The average molecular weight is 330 g/mol. The molecular formula is C14H13Cl2NO4. The first-order valence-electron chi connectivity index (χ1n) is 6.23. The van der Waals surface area contributed by atoms with Crippen molar-refractivity contribution in [2.45, 2.75) is 6.04 Å². The van der Waals surface area contributed by atoms with E-state index in [9.17, 15) is 9.59 Å². The summed E-state index contributed by atoms with van der Waals surface area (Å²) in [6.45, 7) is 0.553. The third kappa shape index (κ3) is 3.97. The summed E-state index contributed by atoms with van der Waals surface area (Å²) in [4.78, 5) is 24.5. The van der Waals surface area contributed by atoms with Crippen LogP contribution in [-0.2, 0) is 14.3 Å². The van der Waals surface area contributed by atoms with Gasteiger partial charge in [0.1, 0.15) is 0 Å². The van der Waals surface area contributed by atoms with Gasteiger partial charge in [0, 0.05) is 22.7 Å². The summed E-state index contributed by atoms with van der Waals surface area (Å²) in [7, 11) is 0. The second kappa shape index (κ2) is 6.93. The van der Waals surface area contributed by atoms with E-state index in [0.29, 0.717) is 22.2 Å². The Kier molecular flexibility index (Phi) is 5.22. The van der Waals surface area contributed by atoms with Crippen LogP contribution in [0.4, 0.5) is 0 Å². The molecule has 0 saturated carbocycles. The number of carbonyl (C=O) groups excluding carboxylic acids is 1. The number of morpholine rings is 1. The molecular weight excluding hydrogens is 317 g/mol. The SMILES string of the molecule is O=C(O)C1COCCN1C(=O)C=Cc1cc(Cl)ccc1Cl. The minimum Gasteiger partial charge on any atom is -0.480 e. The van der Waals surface area contributed by atoms with Crippen molar-refractivity contribution >= 4 is 41.2 Å². The Balaban J connectivity index is 2.14. The number of hydrogen-bond acceptors (Lipinski definition) is 3.